The van der Waals surface area contributed by atoms with Crippen LogP contribution in [0.3, 0.4) is 0 Å². The molecule has 0 heterocycles. The number of rotatable bonds is 10. The average molecular weight is 691 g/mol. The van der Waals surface area contributed by atoms with Gasteiger partial charge in [0, 0.05) is 35.4 Å². The maximum absolute atomic E-state index is 15.7. The molecular weight excluding hydrogens is 657 g/mol. The Balaban J connectivity index is 1.34. The Morgan fingerprint density at radius 3 is 0.804 bits per heavy atom. The van der Waals surface area contributed by atoms with E-state index in [9.17, 15) is 0 Å². The van der Waals surface area contributed by atoms with E-state index < -0.39 is 20.1 Å². The molecule has 0 saturated carbocycles. The second-order valence-corrected chi connectivity index (χ2v) is 15.0. The summed E-state index contributed by atoms with van der Waals surface area (Å²) in [5.41, 5.74) is 0. The molecule has 0 aliphatic rings. The lowest BCUT2D eigenvalue weighted by atomic mass is 10.1. The molecule has 51 heavy (non-hydrogen) atoms. The summed E-state index contributed by atoms with van der Waals surface area (Å²) in [6, 6.07) is 52.5. The molecule has 0 saturated heterocycles. The maximum Gasteiger partial charge on any atom is 0.361 e. The van der Waals surface area contributed by atoms with Crippen LogP contribution in [0.15, 0.2) is 170 Å². The van der Waals surface area contributed by atoms with Gasteiger partial charge in [-0.3, -0.25) is 0 Å². The molecule has 0 aliphatic heterocycles. The first kappa shape index (κ1) is 32.2. The van der Waals surface area contributed by atoms with E-state index in [1.807, 2.05) is 146 Å². The first-order chi connectivity index (χ1) is 24.7. The minimum absolute atomic E-state index is 0.317. The molecule has 0 radical (unpaired) electrons. The third-order valence-electron chi connectivity index (χ3n) is 9.16. The zero-order valence-electron chi connectivity index (χ0n) is 28.0. The lowest BCUT2D eigenvalue weighted by molar-refractivity contribution is -0.0598. The molecule has 8 rings (SSSR count). The first-order valence-electron chi connectivity index (χ1n) is 16.7. The van der Waals surface area contributed by atoms with Gasteiger partial charge in [0.15, 0.2) is 0 Å². The van der Waals surface area contributed by atoms with Crippen LogP contribution in [-0.4, -0.2) is 18.7 Å². The van der Waals surface area contributed by atoms with Crippen LogP contribution in [0.4, 0.5) is 0 Å². The zero-order valence-corrected chi connectivity index (χ0v) is 28.8. The van der Waals surface area contributed by atoms with Gasteiger partial charge >= 0.3 is 20.1 Å². The van der Waals surface area contributed by atoms with Crippen LogP contribution in [0.5, 0.6) is 23.0 Å². The van der Waals surface area contributed by atoms with Gasteiger partial charge < -0.3 is 18.9 Å². The van der Waals surface area contributed by atoms with Gasteiger partial charge in [-0.1, -0.05) is 146 Å². The third-order valence-corrected chi connectivity index (χ3v) is 11.4. The number of hydrogen-bond acceptors (Lipinski definition) is 6. The summed E-state index contributed by atoms with van der Waals surface area (Å²) in [4.78, 5) is 0. The Morgan fingerprint density at radius 1 is 0.333 bits per heavy atom. The molecule has 0 aliphatic carbocycles. The van der Waals surface area contributed by atoms with Crippen LogP contribution < -0.4 is 18.9 Å². The van der Waals surface area contributed by atoms with Gasteiger partial charge in [0.25, 0.3) is 0 Å². The van der Waals surface area contributed by atoms with Crippen molar-refractivity contribution in [2.75, 3.05) is 0 Å². The lowest BCUT2D eigenvalue weighted by Crippen LogP contribution is -2.60. The molecule has 252 valence electrons. The minimum atomic E-state index is -4.82. The maximum atomic E-state index is 15.7. The molecule has 0 spiro atoms. The number of benzene rings is 8. The normalized spacial score (nSPS) is 12.3. The molecule has 0 fully saturated rings. The Kier molecular flexibility index (Phi) is 8.00. The SMILES string of the molecule is CC(Oc1cccc2ccccc12)(Oc1cccc2ccccc12)S(=O)(=O)C(C)(Oc1cccc2ccccc12)Oc1cccc2ccccc12. The molecule has 8 aromatic carbocycles. The predicted octanol–water partition coefficient (Wildman–Crippen LogP) is 10.7. The van der Waals surface area contributed by atoms with Gasteiger partial charge in [0.1, 0.15) is 23.0 Å². The first-order valence-corrected chi connectivity index (χ1v) is 18.1. The van der Waals surface area contributed by atoms with E-state index >= 15 is 8.42 Å². The third kappa shape index (κ3) is 5.75. The van der Waals surface area contributed by atoms with Gasteiger partial charge in [-0.25, -0.2) is 8.42 Å². The zero-order chi connectivity index (χ0) is 35.1. The van der Waals surface area contributed by atoms with Gasteiger partial charge in [-0.05, 0) is 45.8 Å². The highest BCUT2D eigenvalue weighted by atomic mass is 32.2. The summed E-state index contributed by atoms with van der Waals surface area (Å²) < 4.78 is 58.1. The Morgan fingerprint density at radius 2 is 0.549 bits per heavy atom. The second kappa shape index (κ2) is 12.7. The fourth-order valence-electron chi connectivity index (χ4n) is 6.54. The van der Waals surface area contributed by atoms with Crippen molar-refractivity contribution in [3.63, 3.8) is 0 Å². The van der Waals surface area contributed by atoms with Gasteiger partial charge in [-0.15, -0.1) is 0 Å². The van der Waals surface area contributed by atoms with Crippen molar-refractivity contribution in [2.24, 2.45) is 0 Å². The Bertz CT molecular complexity index is 2310. The number of fused-ring (bicyclic) bond motifs is 4. The fraction of sp³-hybridized carbons (Fsp3) is 0.0909. The molecule has 0 unspecified atom stereocenters. The highest BCUT2D eigenvalue weighted by Crippen LogP contribution is 2.42. The molecule has 8 aromatic rings. The smallest absolute Gasteiger partial charge is 0.361 e. The molecule has 0 amide bonds. The van der Waals surface area contributed by atoms with Crippen LogP contribution in [0, 0.1) is 0 Å². The van der Waals surface area contributed by atoms with Crippen LogP contribution >= 0.6 is 0 Å². The molecular formula is C44H34O6S. The molecule has 0 aromatic heterocycles. The summed E-state index contributed by atoms with van der Waals surface area (Å²) in [6.07, 6.45) is 0. The predicted molar refractivity (Wildman–Crippen MR) is 204 cm³/mol. The summed E-state index contributed by atoms with van der Waals surface area (Å²) in [5, 5.41) is 1.58. The quantitative estimate of drug-likeness (QED) is 0.133. The molecule has 7 heteroatoms. The van der Waals surface area contributed by atoms with E-state index in [-0.39, 0.29) is 0 Å². The van der Waals surface area contributed by atoms with Crippen LogP contribution in [-0.2, 0) is 9.84 Å². The van der Waals surface area contributed by atoms with Gasteiger partial charge in [0.05, 0.1) is 0 Å². The summed E-state index contributed by atoms with van der Waals surface area (Å²) >= 11 is 0. The van der Waals surface area contributed by atoms with E-state index in [1.54, 1.807) is 24.3 Å². The second-order valence-electron chi connectivity index (χ2n) is 12.5. The van der Waals surface area contributed by atoms with Gasteiger partial charge in [0.2, 0.25) is 0 Å². The number of ether oxygens (including phenoxy) is 4. The highest BCUT2D eigenvalue weighted by molar-refractivity contribution is 7.93. The molecule has 6 nitrogen and oxygen atoms in total. The number of sulfone groups is 1. The van der Waals surface area contributed by atoms with Crippen molar-refractivity contribution in [1.29, 1.82) is 0 Å². The molecule has 0 atom stereocenters. The summed E-state index contributed by atoms with van der Waals surface area (Å²) in [5.74, 6) is 1.27. The summed E-state index contributed by atoms with van der Waals surface area (Å²) in [7, 11) is -4.82. The van der Waals surface area contributed by atoms with Crippen molar-refractivity contribution >= 4 is 52.9 Å². The Hall–Kier alpha value is -6.05. The summed E-state index contributed by atoms with van der Waals surface area (Å²) in [6.45, 7) is 2.81. The van der Waals surface area contributed by atoms with Crippen molar-refractivity contribution in [3.05, 3.63) is 170 Å². The van der Waals surface area contributed by atoms with Crippen molar-refractivity contribution in [3.8, 4) is 23.0 Å². The largest absolute Gasteiger partial charge is 0.439 e. The van der Waals surface area contributed by atoms with Crippen LogP contribution in [0.1, 0.15) is 13.8 Å². The minimum Gasteiger partial charge on any atom is -0.439 e. The van der Waals surface area contributed by atoms with Crippen molar-refractivity contribution in [2.45, 2.75) is 24.1 Å². The molecule has 0 N–H and O–H groups in total. The van der Waals surface area contributed by atoms with E-state index in [1.165, 1.54) is 13.8 Å². The highest BCUT2D eigenvalue weighted by Gasteiger charge is 2.61. The fourth-order valence-corrected chi connectivity index (χ4v) is 8.01. The lowest BCUT2D eigenvalue weighted by Gasteiger charge is -2.39. The number of hydrogen-bond donors (Lipinski definition) is 0. The topological polar surface area (TPSA) is 71.1 Å². The van der Waals surface area contributed by atoms with Crippen LogP contribution in [0.25, 0.3) is 43.1 Å². The van der Waals surface area contributed by atoms with E-state index in [2.05, 4.69) is 0 Å². The van der Waals surface area contributed by atoms with E-state index in [4.69, 9.17) is 18.9 Å². The van der Waals surface area contributed by atoms with E-state index in [0.717, 1.165) is 43.1 Å². The monoisotopic (exact) mass is 690 g/mol. The average Bonchev–Trinajstić information content (AvgIpc) is 3.15. The van der Waals surface area contributed by atoms with Crippen molar-refractivity contribution in [1.82, 2.24) is 0 Å². The van der Waals surface area contributed by atoms with Gasteiger partial charge in [-0.2, -0.15) is 0 Å². The Labute approximate surface area is 296 Å². The molecule has 0 bridgehead atoms. The van der Waals surface area contributed by atoms with Crippen molar-refractivity contribution < 1.29 is 27.4 Å². The van der Waals surface area contributed by atoms with E-state index in [0.29, 0.717) is 23.0 Å². The van der Waals surface area contributed by atoms with Crippen LogP contribution in [0.2, 0.25) is 0 Å². The standard InChI is InChI=1S/C44H34O6S/c1-43(47-39-27-11-19-31-15-3-7-23-35(31)39,48-40-28-12-20-32-16-4-8-24-36(32)40)51(45,46)44(2,49-41-29-13-21-33-17-5-9-25-37(33)41)50-42-30-14-22-34-18-6-10-26-38(34)42/h3-30H,1-2H3.